The number of hydrogen-bond acceptors (Lipinski definition) is 1. The molecule has 5 heteroatoms. The van der Waals surface area contributed by atoms with E-state index in [9.17, 15) is 13.2 Å². The SMILES string of the molecule is Cc1cc(Br)c2oc(C(F)(F)F)cc2c1. The first-order valence-corrected chi connectivity index (χ1v) is 4.94. The van der Waals surface area contributed by atoms with Gasteiger partial charge in [0, 0.05) is 5.39 Å². The average Bonchev–Trinajstić information content (AvgIpc) is 2.46. The van der Waals surface area contributed by atoms with E-state index in [1.54, 1.807) is 12.1 Å². The molecule has 0 N–H and O–H groups in total. The number of alkyl halides is 3. The second kappa shape index (κ2) is 3.27. The molecule has 0 spiro atoms. The molecule has 1 heterocycles. The van der Waals surface area contributed by atoms with E-state index in [4.69, 9.17) is 4.42 Å². The van der Waals surface area contributed by atoms with Gasteiger partial charge in [-0.05, 0) is 46.6 Å². The van der Waals surface area contributed by atoms with E-state index in [-0.39, 0.29) is 5.58 Å². The minimum Gasteiger partial charge on any atom is -0.450 e. The maximum absolute atomic E-state index is 12.3. The summed E-state index contributed by atoms with van der Waals surface area (Å²) in [6.07, 6.45) is -4.44. The summed E-state index contributed by atoms with van der Waals surface area (Å²) in [4.78, 5) is 0. The summed E-state index contributed by atoms with van der Waals surface area (Å²) in [6.45, 7) is 1.81. The van der Waals surface area contributed by atoms with Crippen LogP contribution in [0.5, 0.6) is 0 Å². The van der Waals surface area contributed by atoms with Crippen molar-refractivity contribution < 1.29 is 17.6 Å². The molecule has 0 fully saturated rings. The summed E-state index contributed by atoms with van der Waals surface area (Å²) >= 11 is 3.17. The van der Waals surface area contributed by atoms with Crippen molar-refractivity contribution in [2.75, 3.05) is 0 Å². The number of furan rings is 1. The van der Waals surface area contributed by atoms with E-state index in [1.807, 2.05) is 6.92 Å². The molecule has 1 aromatic carbocycles. The third-order valence-electron chi connectivity index (χ3n) is 1.99. The van der Waals surface area contributed by atoms with Gasteiger partial charge in [0.1, 0.15) is 5.58 Å². The molecule has 0 unspecified atom stereocenters. The number of fused-ring (bicyclic) bond motifs is 1. The third kappa shape index (κ3) is 1.88. The van der Waals surface area contributed by atoms with E-state index in [0.717, 1.165) is 11.6 Å². The summed E-state index contributed by atoms with van der Waals surface area (Å²) in [5.74, 6) is -0.969. The van der Waals surface area contributed by atoms with Crippen molar-refractivity contribution in [2.45, 2.75) is 13.1 Å². The monoisotopic (exact) mass is 278 g/mol. The Hall–Kier alpha value is -0.970. The van der Waals surface area contributed by atoms with Gasteiger partial charge in [0.2, 0.25) is 5.76 Å². The Bertz CT molecular complexity index is 513. The highest BCUT2D eigenvalue weighted by molar-refractivity contribution is 9.10. The quantitative estimate of drug-likeness (QED) is 0.690. The Morgan fingerprint density at radius 3 is 2.47 bits per heavy atom. The fourth-order valence-electron chi connectivity index (χ4n) is 1.39. The number of hydrogen-bond donors (Lipinski definition) is 0. The summed E-state index contributed by atoms with van der Waals surface area (Å²) in [5, 5.41) is 0.453. The fourth-order valence-corrected chi connectivity index (χ4v) is 2.06. The highest BCUT2D eigenvalue weighted by atomic mass is 79.9. The Labute approximate surface area is 92.0 Å². The molecular weight excluding hydrogens is 273 g/mol. The van der Waals surface area contributed by atoms with Crippen LogP contribution in [0.1, 0.15) is 11.3 Å². The van der Waals surface area contributed by atoms with Crippen LogP contribution in [0.15, 0.2) is 27.1 Å². The lowest BCUT2D eigenvalue weighted by Crippen LogP contribution is -2.01. The number of aryl methyl sites for hydroxylation is 1. The van der Waals surface area contributed by atoms with Crippen LogP contribution in [0.25, 0.3) is 11.0 Å². The minimum atomic E-state index is -4.44. The molecule has 80 valence electrons. The van der Waals surface area contributed by atoms with E-state index < -0.39 is 11.9 Å². The number of rotatable bonds is 0. The predicted molar refractivity (Wildman–Crippen MR) is 53.7 cm³/mol. The highest BCUT2D eigenvalue weighted by Crippen LogP contribution is 2.36. The van der Waals surface area contributed by atoms with Gasteiger partial charge < -0.3 is 4.42 Å². The lowest BCUT2D eigenvalue weighted by molar-refractivity contribution is -0.152. The van der Waals surface area contributed by atoms with Gasteiger partial charge in [-0.1, -0.05) is 0 Å². The zero-order chi connectivity index (χ0) is 11.2. The molecule has 0 saturated carbocycles. The average molecular weight is 279 g/mol. The Balaban J connectivity index is 2.71. The summed E-state index contributed by atoms with van der Waals surface area (Å²) in [7, 11) is 0. The molecule has 0 amide bonds. The largest absolute Gasteiger partial charge is 0.450 e. The molecule has 2 aromatic rings. The minimum absolute atomic E-state index is 0.230. The zero-order valence-corrected chi connectivity index (χ0v) is 9.24. The molecule has 0 radical (unpaired) electrons. The van der Waals surface area contributed by atoms with Crippen molar-refractivity contribution in [3.8, 4) is 0 Å². The normalized spacial score (nSPS) is 12.3. The van der Waals surface area contributed by atoms with Crippen LogP contribution in [-0.4, -0.2) is 0 Å². The van der Waals surface area contributed by atoms with Crippen molar-refractivity contribution in [1.29, 1.82) is 0 Å². The molecule has 1 aromatic heterocycles. The Kier molecular flexibility index (Phi) is 2.30. The molecule has 0 aliphatic carbocycles. The first-order chi connectivity index (χ1) is 6.88. The van der Waals surface area contributed by atoms with Crippen LogP contribution in [0.2, 0.25) is 0 Å². The molecular formula is C10H6BrF3O. The van der Waals surface area contributed by atoms with E-state index in [2.05, 4.69) is 15.9 Å². The van der Waals surface area contributed by atoms with E-state index >= 15 is 0 Å². The highest BCUT2D eigenvalue weighted by Gasteiger charge is 2.35. The van der Waals surface area contributed by atoms with Crippen molar-refractivity contribution in [3.63, 3.8) is 0 Å². The van der Waals surface area contributed by atoms with Crippen molar-refractivity contribution in [3.05, 3.63) is 34.0 Å². The smallest absolute Gasteiger partial charge is 0.449 e. The first kappa shape index (κ1) is 10.5. The van der Waals surface area contributed by atoms with Crippen LogP contribution in [0, 0.1) is 6.92 Å². The lowest BCUT2D eigenvalue weighted by atomic mass is 10.2. The summed E-state index contributed by atoms with van der Waals surface area (Å²) in [5.41, 5.74) is 1.11. The van der Waals surface area contributed by atoms with Crippen LogP contribution in [0.4, 0.5) is 13.2 Å². The summed E-state index contributed by atoms with van der Waals surface area (Å²) < 4.78 is 42.3. The molecule has 2 rings (SSSR count). The van der Waals surface area contributed by atoms with Crippen LogP contribution >= 0.6 is 15.9 Å². The predicted octanol–water partition coefficient (Wildman–Crippen LogP) is 4.52. The Morgan fingerprint density at radius 1 is 1.20 bits per heavy atom. The van der Waals surface area contributed by atoms with Gasteiger partial charge in [0.15, 0.2) is 0 Å². The third-order valence-corrected chi connectivity index (χ3v) is 2.58. The van der Waals surface area contributed by atoms with Gasteiger partial charge in [-0.25, -0.2) is 0 Å². The zero-order valence-electron chi connectivity index (χ0n) is 7.65. The second-order valence-corrected chi connectivity index (χ2v) is 4.13. The van der Waals surface area contributed by atoms with Crippen molar-refractivity contribution in [2.24, 2.45) is 0 Å². The van der Waals surface area contributed by atoms with Gasteiger partial charge in [0.25, 0.3) is 0 Å². The van der Waals surface area contributed by atoms with Gasteiger partial charge >= 0.3 is 6.18 Å². The summed E-state index contributed by atoms with van der Waals surface area (Å²) in [6, 6.07) is 4.37. The number of halogens is 4. The number of benzene rings is 1. The molecule has 0 saturated heterocycles. The van der Waals surface area contributed by atoms with Gasteiger partial charge in [-0.15, -0.1) is 0 Å². The molecule has 15 heavy (non-hydrogen) atoms. The Morgan fingerprint density at radius 2 is 1.87 bits per heavy atom. The standard InChI is InChI=1S/C10H6BrF3O/c1-5-2-6-4-8(10(12,13)14)15-9(6)7(11)3-5/h2-4H,1H3. The van der Waals surface area contributed by atoms with Crippen molar-refractivity contribution >= 4 is 26.9 Å². The maximum atomic E-state index is 12.3. The maximum Gasteiger partial charge on any atom is 0.449 e. The van der Waals surface area contributed by atoms with E-state index in [1.165, 1.54) is 0 Å². The topological polar surface area (TPSA) is 13.1 Å². The van der Waals surface area contributed by atoms with E-state index in [0.29, 0.717) is 9.86 Å². The molecule has 0 bridgehead atoms. The fraction of sp³-hybridized carbons (Fsp3) is 0.200. The lowest BCUT2D eigenvalue weighted by Gasteiger charge is -1.99. The van der Waals surface area contributed by atoms with Crippen LogP contribution < -0.4 is 0 Å². The first-order valence-electron chi connectivity index (χ1n) is 4.15. The molecule has 0 atom stereocenters. The van der Waals surface area contributed by atoms with Gasteiger partial charge in [-0.3, -0.25) is 0 Å². The molecule has 0 aliphatic rings. The second-order valence-electron chi connectivity index (χ2n) is 3.27. The van der Waals surface area contributed by atoms with Gasteiger partial charge in [-0.2, -0.15) is 13.2 Å². The molecule has 1 nitrogen and oxygen atoms in total. The van der Waals surface area contributed by atoms with Gasteiger partial charge in [0.05, 0.1) is 4.47 Å². The van der Waals surface area contributed by atoms with Crippen LogP contribution in [-0.2, 0) is 6.18 Å². The van der Waals surface area contributed by atoms with Crippen molar-refractivity contribution in [1.82, 2.24) is 0 Å². The van der Waals surface area contributed by atoms with Crippen LogP contribution in [0.3, 0.4) is 0 Å². The molecule has 0 aliphatic heterocycles.